The first-order chi connectivity index (χ1) is 11.4. The van der Waals surface area contributed by atoms with Gasteiger partial charge in [-0.3, -0.25) is 0 Å². The van der Waals surface area contributed by atoms with Gasteiger partial charge in [0.25, 0.3) is 0 Å². The third-order valence-corrected chi connectivity index (χ3v) is 5.29. The van der Waals surface area contributed by atoms with E-state index in [9.17, 15) is 17.6 Å². The number of thiazole rings is 1. The molecule has 1 aliphatic rings. The largest absolute Gasteiger partial charge is 0.376 e. The lowest BCUT2D eigenvalue weighted by atomic mass is 10.0. The number of halogens is 4. The molecule has 1 atom stereocenters. The topological polar surface area (TPSA) is 25.4 Å². The molecule has 0 saturated heterocycles. The Hall–Kier alpha value is -1.67. The van der Waals surface area contributed by atoms with Crippen LogP contribution in [0.4, 0.5) is 23.2 Å². The van der Waals surface area contributed by atoms with Crippen molar-refractivity contribution in [3.63, 3.8) is 0 Å². The summed E-state index contributed by atoms with van der Waals surface area (Å²) in [7, 11) is 4.17. The lowest BCUT2D eigenvalue weighted by molar-refractivity contribution is 0.0908. The van der Waals surface area contributed by atoms with Crippen LogP contribution in [-0.4, -0.2) is 26.2 Å². The van der Waals surface area contributed by atoms with Gasteiger partial charge >= 0.3 is 0 Å². The molecule has 3 nitrogen and oxygen atoms in total. The molecule has 24 heavy (non-hydrogen) atoms. The van der Waals surface area contributed by atoms with E-state index in [0.717, 1.165) is 34.0 Å². The zero-order valence-corrected chi connectivity index (χ0v) is 14.2. The standard InChI is InChI=1S/C16H16F4N2OS/c1-22(2)14-12(19)10(17)9(11(18)13(14)20)16-21-7-5-4-6-8(23-3)15(7)24-16/h8H,4-6H2,1-3H3. The Morgan fingerprint density at radius 2 is 1.71 bits per heavy atom. The molecule has 0 amide bonds. The number of ether oxygens (including phenoxy) is 1. The summed E-state index contributed by atoms with van der Waals surface area (Å²) in [5.74, 6) is -5.72. The first-order valence-corrected chi connectivity index (χ1v) is 8.24. The molecule has 1 aromatic carbocycles. The minimum atomic E-state index is -1.43. The van der Waals surface area contributed by atoms with E-state index in [1.807, 2.05) is 0 Å². The number of benzene rings is 1. The van der Waals surface area contributed by atoms with E-state index in [4.69, 9.17) is 4.74 Å². The molecule has 3 rings (SSSR count). The van der Waals surface area contributed by atoms with Crippen molar-refractivity contribution in [3.8, 4) is 10.6 Å². The van der Waals surface area contributed by atoms with Crippen molar-refractivity contribution in [2.24, 2.45) is 0 Å². The number of aryl methyl sites for hydroxylation is 1. The van der Waals surface area contributed by atoms with Crippen molar-refractivity contribution in [2.75, 3.05) is 26.1 Å². The van der Waals surface area contributed by atoms with E-state index in [1.165, 1.54) is 14.1 Å². The number of fused-ring (bicyclic) bond motifs is 1. The lowest BCUT2D eigenvalue weighted by Gasteiger charge is -2.19. The van der Waals surface area contributed by atoms with Gasteiger partial charge in [-0.25, -0.2) is 22.5 Å². The van der Waals surface area contributed by atoms with Crippen molar-refractivity contribution in [3.05, 3.63) is 33.8 Å². The van der Waals surface area contributed by atoms with E-state index in [-0.39, 0.29) is 11.1 Å². The molecule has 1 heterocycles. The second kappa shape index (κ2) is 6.33. The molecule has 0 radical (unpaired) electrons. The molecule has 1 unspecified atom stereocenters. The predicted molar refractivity (Wildman–Crippen MR) is 84.4 cm³/mol. The van der Waals surface area contributed by atoms with Crippen molar-refractivity contribution in [1.82, 2.24) is 4.98 Å². The monoisotopic (exact) mass is 360 g/mol. The first kappa shape index (κ1) is 17.2. The summed E-state index contributed by atoms with van der Waals surface area (Å²) in [6.45, 7) is 0. The Morgan fingerprint density at radius 3 is 2.25 bits per heavy atom. The van der Waals surface area contributed by atoms with Gasteiger partial charge in [0, 0.05) is 21.2 Å². The minimum absolute atomic E-state index is 0.0675. The van der Waals surface area contributed by atoms with Crippen LogP contribution in [0.2, 0.25) is 0 Å². The summed E-state index contributed by atoms with van der Waals surface area (Å²) in [6, 6.07) is 0. The van der Waals surface area contributed by atoms with Gasteiger partial charge in [-0.05, 0) is 19.3 Å². The second-order valence-corrected chi connectivity index (χ2v) is 6.85. The van der Waals surface area contributed by atoms with E-state index in [0.29, 0.717) is 12.1 Å². The number of nitrogens with zero attached hydrogens (tertiary/aromatic N) is 2. The van der Waals surface area contributed by atoms with E-state index in [2.05, 4.69) is 4.98 Å². The third kappa shape index (κ3) is 2.57. The zero-order valence-electron chi connectivity index (χ0n) is 13.4. The summed E-state index contributed by atoms with van der Waals surface area (Å²) in [6.07, 6.45) is 2.05. The number of rotatable bonds is 3. The average Bonchev–Trinajstić information content (AvgIpc) is 2.96. The molecule has 0 bridgehead atoms. The fourth-order valence-corrected chi connectivity index (χ4v) is 4.17. The van der Waals surface area contributed by atoms with Crippen LogP contribution in [-0.2, 0) is 11.2 Å². The number of aromatic nitrogens is 1. The molecule has 2 aromatic rings. The molecule has 0 N–H and O–H groups in total. The summed E-state index contributed by atoms with van der Waals surface area (Å²) in [5, 5.41) is -0.0675. The average molecular weight is 360 g/mol. The Bertz CT molecular complexity index is 762. The summed E-state index contributed by atoms with van der Waals surface area (Å²) in [4.78, 5) is 5.96. The Balaban J connectivity index is 2.19. The predicted octanol–water partition coefficient (Wildman–Crippen LogP) is 4.46. The highest BCUT2D eigenvalue weighted by Gasteiger charge is 2.31. The van der Waals surface area contributed by atoms with Gasteiger partial charge in [-0.15, -0.1) is 11.3 Å². The van der Waals surface area contributed by atoms with Gasteiger partial charge in [0.15, 0.2) is 23.3 Å². The molecular formula is C16H16F4N2OS. The van der Waals surface area contributed by atoms with Gasteiger partial charge < -0.3 is 9.64 Å². The molecule has 0 aliphatic heterocycles. The van der Waals surface area contributed by atoms with Gasteiger partial charge in [0.05, 0.1) is 22.2 Å². The van der Waals surface area contributed by atoms with Crippen LogP contribution in [0.25, 0.3) is 10.6 Å². The second-order valence-electron chi connectivity index (χ2n) is 5.82. The van der Waals surface area contributed by atoms with E-state index in [1.54, 1.807) is 7.11 Å². The molecule has 0 spiro atoms. The van der Waals surface area contributed by atoms with Crippen LogP contribution in [0.3, 0.4) is 0 Å². The Labute approximate surface area is 140 Å². The van der Waals surface area contributed by atoms with Gasteiger partial charge in [-0.2, -0.15) is 0 Å². The van der Waals surface area contributed by atoms with Gasteiger partial charge in [0.2, 0.25) is 0 Å². The summed E-state index contributed by atoms with van der Waals surface area (Å²) >= 11 is 1.02. The maximum atomic E-state index is 14.4. The normalized spacial score (nSPS) is 17.0. The Morgan fingerprint density at radius 1 is 1.08 bits per heavy atom. The van der Waals surface area contributed by atoms with Crippen molar-refractivity contribution in [1.29, 1.82) is 0 Å². The van der Waals surface area contributed by atoms with Crippen molar-refractivity contribution in [2.45, 2.75) is 25.4 Å². The minimum Gasteiger partial charge on any atom is -0.376 e. The third-order valence-electron chi connectivity index (χ3n) is 4.09. The molecule has 0 saturated carbocycles. The van der Waals surface area contributed by atoms with Crippen LogP contribution >= 0.6 is 11.3 Å². The SMILES string of the molecule is COC1CCCc2nc(-c3c(F)c(F)c(N(C)C)c(F)c3F)sc21. The lowest BCUT2D eigenvalue weighted by Crippen LogP contribution is -2.16. The highest BCUT2D eigenvalue weighted by Crippen LogP contribution is 2.42. The molecule has 1 aliphatic carbocycles. The maximum Gasteiger partial charge on any atom is 0.186 e. The first-order valence-electron chi connectivity index (χ1n) is 7.42. The van der Waals surface area contributed by atoms with Gasteiger partial charge in [0.1, 0.15) is 10.7 Å². The highest BCUT2D eigenvalue weighted by molar-refractivity contribution is 7.15. The fraction of sp³-hybridized carbons (Fsp3) is 0.438. The van der Waals surface area contributed by atoms with E-state index < -0.39 is 34.5 Å². The smallest absolute Gasteiger partial charge is 0.186 e. The molecular weight excluding hydrogens is 344 g/mol. The number of methoxy groups -OCH3 is 1. The maximum absolute atomic E-state index is 14.4. The molecule has 1 aromatic heterocycles. The van der Waals surface area contributed by atoms with Crippen molar-refractivity contribution < 1.29 is 22.3 Å². The number of hydrogen-bond acceptors (Lipinski definition) is 4. The molecule has 130 valence electrons. The quantitative estimate of drug-likeness (QED) is 0.597. The Kier molecular flexibility index (Phi) is 4.52. The summed E-state index contributed by atoms with van der Waals surface area (Å²) < 4.78 is 62.6. The number of hydrogen-bond donors (Lipinski definition) is 0. The van der Waals surface area contributed by atoms with Crippen LogP contribution in [0.15, 0.2) is 0 Å². The summed E-state index contributed by atoms with van der Waals surface area (Å²) in [5.41, 5.74) is -0.834. The van der Waals surface area contributed by atoms with Crippen molar-refractivity contribution >= 4 is 17.0 Å². The van der Waals surface area contributed by atoms with Gasteiger partial charge in [-0.1, -0.05) is 0 Å². The van der Waals surface area contributed by atoms with E-state index >= 15 is 0 Å². The molecule has 0 fully saturated rings. The van der Waals surface area contributed by atoms with Crippen LogP contribution in [0.1, 0.15) is 29.5 Å². The fourth-order valence-electron chi connectivity index (χ4n) is 2.91. The molecule has 8 heteroatoms. The number of anilines is 1. The van der Waals surface area contributed by atoms with Crippen LogP contribution < -0.4 is 4.90 Å². The zero-order chi connectivity index (χ0) is 17.6. The van der Waals surface area contributed by atoms with Crippen LogP contribution in [0, 0.1) is 23.3 Å². The van der Waals surface area contributed by atoms with Crippen LogP contribution in [0.5, 0.6) is 0 Å². The highest BCUT2D eigenvalue weighted by atomic mass is 32.1.